The van der Waals surface area contributed by atoms with E-state index in [2.05, 4.69) is 6.92 Å². The van der Waals surface area contributed by atoms with Crippen LogP contribution in [0.4, 0.5) is 4.39 Å². The number of amides is 1. The maximum atomic E-state index is 13.2. The first-order chi connectivity index (χ1) is 8.58. The van der Waals surface area contributed by atoms with Crippen molar-refractivity contribution >= 4 is 5.91 Å². The van der Waals surface area contributed by atoms with Crippen molar-refractivity contribution in [3.05, 3.63) is 29.6 Å². The zero-order chi connectivity index (χ0) is 13.5. The smallest absolute Gasteiger partial charge is 0.226 e. The summed E-state index contributed by atoms with van der Waals surface area (Å²) in [5.74, 6) is 0.177. The molecule has 100 valence electrons. The molecule has 0 saturated carbocycles. The number of nitrogens with zero attached hydrogens (tertiary/aromatic N) is 1. The first kappa shape index (κ1) is 14.5. The fraction of sp³-hybridized carbons (Fsp3) is 0.500. The summed E-state index contributed by atoms with van der Waals surface area (Å²) in [6.07, 6.45) is 2.19. The van der Waals surface area contributed by atoms with Crippen LogP contribution in [0, 0.1) is 5.82 Å². The third kappa shape index (κ3) is 4.02. The van der Waals surface area contributed by atoms with Crippen molar-refractivity contribution in [1.29, 1.82) is 0 Å². The Hall–Kier alpha value is -1.58. The Morgan fingerprint density at radius 2 is 2.17 bits per heavy atom. The maximum absolute atomic E-state index is 13.2. The molecule has 0 atom stereocenters. The summed E-state index contributed by atoms with van der Waals surface area (Å²) in [6, 6.07) is 4.22. The van der Waals surface area contributed by atoms with Gasteiger partial charge in [-0.3, -0.25) is 4.79 Å². The number of likely N-dealkylation sites (N-methyl/N-ethyl adjacent to an activating group) is 1. The van der Waals surface area contributed by atoms with Crippen molar-refractivity contribution in [3.63, 3.8) is 0 Å². The van der Waals surface area contributed by atoms with Crippen molar-refractivity contribution in [2.45, 2.75) is 26.2 Å². The van der Waals surface area contributed by atoms with Crippen LogP contribution < -0.4 is 4.74 Å². The second kappa shape index (κ2) is 6.99. The number of hydrogen-bond acceptors (Lipinski definition) is 2. The molecule has 3 nitrogen and oxygen atoms in total. The van der Waals surface area contributed by atoms with Crippen LogP contribution in [0.2, 0.25) is 0 Å². The first-order valence-electron chi connectivity index (χ1n) is 6.14. The number of ether oxygens (including phenoxy) is 1. The lowest BCUT2D eigenvalue weighted by Gasteiger charge is -2.17. The summed E-state index contributed by atoms with van der Waals surface area (Å²) < 4.78 is 18.3. The fourth-order valence-electron chi connectivity index (χ4n) is 1.70. The van der Waals surface area contributed by atoms with Crippen LogP contribution in [0.25, 0.3) is 0 Å². The Morgan fingerprint density at radius 3 is 2.78 bits per heavy atom. The molecule has 1 aromatic rings. The molecule has 0 unspecified atom stereocenters. The number of carbonyl (C=O) groups excluding carboxylic acids is 1. The zero-order valence-electron chi connectivity index (χ0n) is 11.2. The molecule has 18 heavy (non-hydrogen) atoms. The van der Waals surface area contributed by atoms with E-state index in [1.807, 2.05) is 0 Å². The van der Waals surface area contributed by atoms with Gasteiger partial charge in [-0.05, 0) is 24.6 Å². The number of unbranched alkanes of at least 4 members (excludes halogenated alkanes) is 1. The largest absolute Gasteiger partial charge is 0.496 e. The van der Waals surface area contributed by atoms with Gasteiger partial charge in [-0.2, -0.15) is 0 Å². The third-order valence-corrected chi connectivity index (χ3v) is 2.86. The average molecular weight is 253 g/mol. The number of methoxy groups -OCH3 is 1. The van der Waals surface area contributed by atoms with Gasteiger partial charge in [0.05, 0.1) is 13.5 Å². The Labute approximate surface area is 108 Å². The molecule has 1 amide bonds. The number of benzene rings is 1. The molecular weight excluding hydrogens is 233 g/mol. The van der Waals surface area contributed by atoms with Gasteiger partial charge in [0.25, 0.3) is 0 Å². The van der Waals surface area contributed by atoms with Gasteiger partial charge in [-0.1, -0.05) is 13.3 Å². The van der Waals surface area contributed by atoms with Crippen LogP contribution in [-0.2, 0) is 11.2 Å². The van der Waals surface area contributed by atoms with E-state index in [0.29, 0.717) is 11.3 Å². The molecule has 0 aliphatic rings. The van der Waals surface area contributed by atoms with E-state index in [1.165, 1.54) is 19.2 Å². The molecule has 0 spiro atoms. The third-order valence-electron chi connectivity index (χ3n) is 2.86. The highest BCUT2D eigenvalue weighted by molar-refractivity contribution is 5.79. The van der Waals surface area contributed by atoms with E-state index < -0.39 is 0 Å². The van der Waals surface area contributed by atoms with Gasteiger partial charge in [0, 0.05) is 19.2 Å². The highest BCUT2D eigenvalue weighted by atomic mass is 19.1. The summed E-state index contributed by atoms with van der Waals surface area (Å²) in [7, 11) is 3.28. The number of carbonyl (C=O) groups is 1. The van der Waals surface area contributed by atoms with Crippen molar-refractivity contribution in [2.24, 2.45) is 0 Å². The topological polar surface area (TPSA) is 29.5 Å². The summed E-state index contributed by atoms with van der Waals surface area (Å²) in [5, 5.41) is 0. The van der Waals surface area contributed by atoms with Crippen molar-refractivity contribution in [2.75, 3.05) is 20.7 Å². The number of halogens is 1. The summed E-state index contributed by atoms with van der Waals surface area (Å²) >= 11 is 0. The van der Waals surface area contributed by atoms with Crippen LogP contribution in [0.1, 0.15) is 25.3 Å². The van der Waals surface area contributed by atoms with Crippen LogP contribution in [0.5, 0.6) is 5.75 Å². The molecule has 0 fully saturated rings. The van der Waals surface area contributed by atoms with E-state index in [1.54, 1.807) is 18.0 Å². The lowest BCUT2D eigenvalue weighted by atomic mass is 10.1. The van der Waals surface area contributed by atoms with Gasteiger partial charge in [0.2, 0.25) is 5.91 Å². The molecule has 4 heteroatoms. The summed E-state index contributed by atoms with van der Waals surface area (Å²) in [6.45, 7) is 2.81. The molecule has 0 aliphatic carbocycles. The van der Waals surface area contributed by atoms with Gasteiger partial charge in [-0.15, -0.1) is 0 Å². The Morgan fingerprint density at radius 1 is 1.44 bits per heavy atom. The molecule has 0 N–H and O–H groups in total. The second-order valence-corrected chi connectivity index (χ2v) is 4.30. The Bertz CT molecular complexity index is 407. The van der Waals surface area contributed by atoms with E-state index >= 15 is 0 Å². The van der Waals surface area contributed by atoms with Crippen LogP contribution >= 0.6 is 0 Å². The quantitative estimate of drug-likeness (QED) is 0.780. The predicted molar refractivity (Wildman–Crippen MR) is 69.2 cm³/mol. The minimum Gasteiger partial charge on any atom is -0.496 e. The van der Waals surface area contributed by atoms with Crippen molar-refractivity contribution in [3.8, 4) is 5.75 Å². The molecule has 0 bridgehead atoms. The fourth-order valence-corrected chi connectivity index (χ4v) is 1.70. The first-order valence-corrected chi connectivity index (χ1v) is 6.14. The van der Waals surface area contributed by atoms with Gasteiger partial charge >= 0.3 is 0 Å². The average Bonchev–Trinajstić information content (AvgIpc) is 2.36. The van der Waals surface area contributed by atoms with Gasteiger partial charge in [0.1, 0.15) is 11.6 Å². The van der Waals surface area contributed by atoms with Crippen molar-refractivity contribution in [1.82, 2.24) is 4.90 Å². The SMILES string of the molecule is CCCCN(C)C(=O)Cc1cc(F)ccc1OC. The van der Waals surface area contributed by atoms with Crippen LogP contribution in [0.3, 0.4) is 0 Å². The molecule has 0 saturated heterocycles. The summed E-state index contributed by atoms with van der Waals surface area (Å²) in [4.78, 5) is 13.6. The van der Waals surface area contributed by atoms with Gasteiger partial charge in [0.15, 0.2) is 0 Å². The predicted octanol–water partition coefficient (Wildman–Crippen LogP) is 2.64. The molecule has 0 aromatic heterocycles. The molecule has 1 rings (SSSR count). The van der Waals surface area contributed by atoms with Gasteiger partial charge in [-0.25, -0.2) is 4.39 Å². The normalized spacial score (nSPS) is 10.2. The van der Waals surface area contributed by atoms with Crippen LogP contribution in [-0.4, -0.2) is 31.5 Å². The van der Waals surface area contributed by atoms with E-state index in [0.717, 1.165) is 19.4 Å². The highest BCUT2D eigenvalue weighted by Crippen LogP contribution is 2.20. The maximum Gasteiger partial charge on any atom is 0.226 e. The molecule has 0 heterocycles. The van der Waals surface area contributed by atoms with Crippen LogP contribution in [0.15, 0.2) is 18.2 Å². The lowest BCUT2D eigenvalue weighted by molar-refractivity contribution is -0.129. The molecule has 0 aliphatic heterocycles. The lowest BCUT2D eigenvalue weighted by Crippen LogP contribution is -2.29. The zero-order valence-corrected chi connectivity index (χ0v) is 11.2. The molecule has 1 aromatic carbocycles. The summed E-state index contributed by atoms with van der Waals surface area (Å²) in [5.41, 5.74) is 0.589. The highest BCUT2D eigenvalue weighted by Gasteiger charge is 2.13. The second-order valence-electron chi connectivity index (χ2n) is 4.30. The Kier molecular flexibility index (Phi) is 5.62. The minimum atomic E-state index is -0.352. The standard InChI is InChI=1S/C14H20FNO2/c1-4-5-8-16(2)14(17)10-11-9-12(15)6-7-13(11)18-3/h6-7,9H,4-5,8,10H2,1-3H3. The van der Waals surface area contributed by atoms with E-state index in [4.69, 9.17) is 4.74 Å². The van der Waals surface area contributed by atoms with E-state index in [-0.39, 0.29) is 18.1 Å². The van der Waals surface area contributed by atoms with Crippen molar-refractivity contribution < 1.29 is 13.9 Å². The molecular formula is C14H20FNO2. The van der Waals surface area contributed by atoms with E-state index in [9.17, 15) is 9.18 Å². The number of hydrogen-bond donors (Lipinski definition) is 0. The van der Waals surface area contributed by atoms with Gasteiger partial charge < -0.3 is 9.64 Å². The Balaban J connectivity index is 2.71. The molecule has 0 radical (unpaired) electrons. The monoisotopic (exact) mass is 253 g/mol. The minimum absolute atomic E-state index is 0.0210. The number of rotatable bonds is 6.